The Bertz CT molecular complexity index is 392. The molecule has 0 aromatic heterocycles. The number of rotatable bonds is 4. The second kappa shape index (κ2) is 6.35. The Morgan fingerprint density at radius 2 is 1.35 bits per heavy atom. The van der Waals surface area contributed by atoms with Gasteiger partial charge in [-0.2, -0.15) is 0 Å². The average Bonchev–Trinajstić information content (AvgIpc) is 3.08. The van der Waals surface area contributed by atoms with Gasteiger partial charge in [-0.25, -0.2) is 8.42 Å². The quantitative estimate of drug-likeness (QED) is 0.868. The van der Waals surface area contributed by atoms with Crippen LogP contribution in [-0.2, 0) is 9.84 Å². The minimum Gasteiger partial charge on any atom is -0.310 e. The molecular weight excluding hydrogens is 270 g/mol. The predicted octanol–water partition coefficient (Wildman–Crippen LogP) is 2.90. The molecule has 20 heavy (non-hydrogen) atoms. The van der Waals surface area contributed by atoms with E-state index >= 15 is 0 Å². The van der Waals surface area contributed by atoms with Crippen molar-refractivity contribution < 1.29 is 8.42 Å². The van der Waals surface area contributed by atoms with Crippen LogP contribution in [0.1, 0.15) is 64.2 Å². The summed E-state index contributed by atoms with van der Waals surface area (Å²) in [6, 6.07) is 0.818. The van der Waals surface area contributed by atoms with Gasteiger partial charge in [0.2, 0.25) is 0 Å². The molecule has 2 aliphatic carbocycles. The van der Waals surface area contributed by atoms with E-state index in [-0.39, 0.29) is 6.04 Å². The third kappa shape index (κ3) is 3.56. The summed E-state index contributed by atoms with van der Waals surface area (Å²) in [5, 5.41) is 3.82. The van der Waals surface area contributed by atoms with E-state index in [1.54, 1.807) is 0 Å². The zero-order chi connectivity index (χ0) is 14.0. The van der Waals surface area contributed by atoms with Crippen LogP contribution in [0.25, 0.3) is 0 Å². The van der Waals surface area contributed by atoms with Crippen molar-refractivity contribution in [3.63, 3.8) is 0 Å². The summed E-state index contributed by atoms with van der Waals surface area (Å²) < 4.78 is 23.7. The van der Waals surface area contributed by atoms with E-state index in [1.807, 2.05) is 0 Å². The molecule has 1 aliphatic heterocycles. The van der Waals surface area contributed by atoms with Gasteiger partial charge in [-0.05, 0) is 50.4 Å². The van der Waals surface area contributed by atoms with Crippen LogP contribution in [0, 0.1) is 11.8 Å². The van der Waals surface area contributed by atoms with Crippen LogP contribution in [0.2, 0.25) is 0 Å². The first-order chi connectivity index (χ1) is 9.64. The molecular formula is C16H29NO2S. The molecule has 1 atom stereocenters. The van der Waals surface area contributed by atoms with Gasteiger partial charge in [-0.15, -0.1) is 0 Å². The van der Waals surface area contributed by atoms with Crippen molar-refractivity contribution in [2.24, 2.45) is 11.8 Å². The second-order valence-electron chi connectivity index (χ2n) is 7.24. The topological polar surface area (TPSA) is 46.2 Å². The summed E-state index contributed by atoms with van der Waals surface area (Å²) in [4.78, 5) is 0. The summed E-state index contributed by atoms with van der Waals surface area (Å²) in [6.45, 7) is 0. The van der Waals surface area contributed by atoms with Gasteiger partial charge in [-0.1, -0.05) is 25.7 Å². The molecule has 4 heteroatoms. The molecule has 0 unspecified atom stereocenters. The minimum atomic E-state index is -2.79. The highest BCUT2D eigenvalue weighted by Crippen LogP contribution is 2.37. The fraction of sp³-hybridized carbons (Fsp3) is 1.00. The first kappa shape index (κ1) is 14.8. The molecule has 116 valence electrons. The normalized spacial score (nSPS) is 32.1. The number of sulfone groups is 1. The molecule has 2 saturated carbocycles. The predicted molar refractivity (Wildman–Crippen MR) is 82.5 cm³/mol. The molecule has 3 nitrogen and oxygen atoms in total. The lowest BCUT2D eigenvalue weighted by Gasteiger charge is -2.35. The lowest BCUT2D eigenvalue weighted by atomic mass is 9.85. The van der Waals surface area contributed by atoms with E-state index in [0.29, 0.717) is 17.5 Å². The summed E-state index contributed by atoms with van der Waals surface area (Å²) in [5.74, 6) is 2.40. The number of hydrogen-bond donors (Lipinski definition) is 1. The van der Waals surface area contributed by atoms with Crippen LogP contribution >= 0.6 is 0 Å². The van der Waals surface area contributed by atoms with Crippen molar-refractivity contribution in [2.75, 3.05) is 11.5 Å². The highest BCUT2D eigenvalue weighted by molar-refractivity contribution is 7.91. The maximum Gasteiger partial charge on any atom is 0.151 e. The van der Waals surface area contributed by atoms with Crippen molar-refractivity contribution in [2.45, 2.75) is 76.3 Å². The zero-order valence-electron chi connectivity index (χ0n) is 12.5. The summed E-state index contributed by atoms with van der Waals surface area (Å²) >= 11 is 0. The zero-order valence-corrected chi connectivity index (χ0v) is 13.3. The maximum atomic E-state index is 11.8. The first-order valence-corrected chi connectivity index (χ1v) is 10.4. The molecule has 0 amide bonds. The lowest BCUT2D eigenvalue weighted by molar-refractivity contribution is 0.237. The molecule has 0 bridgehead atoms. The fourth-order valence-corrected chi connectivity index (χ4v) is 6.37. The van der Waals surface area contributed by atoms with Crippen molar-refractivity contribution in [1.29, 1.82) is 0 Å². The van der Waals surface area contributed by atoms with Gasteiger partial charge in [0.25, 0.3) is 0 Å². The molecule has 0 aromatic carbocycles. The van der Waals surface area contributed by atoms with Crippen LogP contribution in [0.5, 0.6) is 0 Å². The molecule has 0 radical (unpaired) electrons. The van der Waals surface area contributed by atoms with E-state index < -0.39 is 9.84 Å². The fourth-order valence-electron chi connectivity index (χ4n) is 4.72. The van der Waals surface area contributed by atoms with Crippen molar-refractivity contribution in [3.8, 4) is 0 Å². The third-order valence-corrected chi connectivity index (χ3v) is 7.53. The molecule has 1 N–H and O–H groups in total. The van der Waals surface area contributed by atoms with Crippen molar-refractivity contribution in [3.05, 3.63) is 0 Å². The van der Waals surface area contributed by atoms with Crippen molar-refractivity contribution >= 4 is 9.84 Å². The second-order valence-corrected chi connectivity index (χ2v) is 9.46. The van der Waals surface area contributed by atoms with Crippen molar-refractivity contribution in [1.82, 2.24) is 5.32 Å². The van der Waals surface area contributed by atoms with Gasteiger partial charge in [-0.3, -0.25) is 0 Å². The highest BCUT2D eigenvalue weighted by Gasteiger charge is 2.36. The van der Waals surface area contributed by atoms with Crippen LogP contribution in [0.4, 0.5) is 0 Å². The Morgan fingerprint density at radius 1 is 0.800 bits per heavy atom. The van der Waals surface area contributed by atoms with E-state index in [1.165, 1.54) is 51.4 Å². The summed E-state index contributed by atoms with van der Waals surface area (Å²) in [5.41, 5.74) is 0. The Balaban J connectivity index is 1.65. The molecule has 3 aliphatic rings. The third-order valence-electron chi connectivity index (χ3n) is 5.71. The largest absolute Gasteiger partial charge is 0.310 e. The maximum absolute atomic E-state index is 11.8. The van der Waals surface area contributed by atoms with Gasteiger partial charge in [0.05, 0.1) is 11.5 Å². The molecule has 3 fully saturated rings. The van der Waals surface area contributed by atoms with Gasteiger partial charge >= 0.3 is 0 Å². The van der Waals surface area contributed by atoms with Gasteiger partial charge < -0.3 is 5.32 Å². The Kier molecular flexibility index (Phi) is 4.71. The molecule has 3 rings (SSSR count). The lowest BCUT2D eigenvalue weighted by Crippen LogP contribution is -2.50. The van der Waals surface area contributed by atoms with Crippen LogP contribution in [0.3, 0.4) is 0 Å². The van der Waals surface area contributed by atoms with E-state index in [2.05, 4.69) is 5.32 Å². The van der Waals surface area contributed by atoms with E-state index in [4.69, 9.17) is 0 Å². The van der Waals surface area contributed by atoms with Gasteiger partial charge in [0, 0.05) is 12.1 Å². The smallest absolute Gasteiger partial charge is 0.151 e. The monoisotopic (exact) mass is 299 g/mol. The SMILES string of the molecule is O=S1(=O)CCC[C@H](NC(C2CCCC2)C2CCCC2)C1. The minimum absolute atomic E-state index is 0.222. The average molecular weight is 299 g/mol. The molecule has 0 spiro atoms. The molecule has 1 saturated heterocycles. The summed E-state index contributed by atoms with van der Waals surface area (Å²) in [6.07, 6.45) is 12.8. The van der Waals surface area contributed by atoms with Gasteiger partial charge in [0.1, 0.15) is 0 Å². The Labute approximate surface area is 123 Å². The number of hydrogen-bond acceptors (Lipinski definition) is 3. The summed E-state index contributed by atoms with van der Waals surface area (Å²) in [7, 11) is -2.79. The Morgan fingerprint density at radius 3 is 1.85 bits per heavy atom. The molecule has 1 heterocycles. The van der Waals surface area contributed by atoms with Crippen LogP contribution in [-0.4, -0.2) is 32.0 Å². The van der Waals surface area contributed by atoms with E-state index in [9.17, 15) is 8.42 Å². The van der Waals surface area contributed by atoms with E-state index in [0.717, 1.165) is 24.7 Å². The first-order valence-electron chi connectivity index (χ1n) is 8.60. The highest BCUT2D eigenvalue weighted by atomic mass is 32.2. The standard InChI is InChI=1S/C16H29NO2S/c18-20(19)11-5-10-15(12-20)17-16(13-6-1-2-7-13)14-8-3-4-9-14/h13-17H,1-12H2/t15-/m0/s1. The Hall–Kier alpha value is -0.0900. The molecule has 0 aromatic rings. The van der Waals surface area contributed by atoms with Crippen LogP contribution in [0.15, 0.2) is 0 Å². The van der Waals surface area contributed by atoms with Gasteiger partial charge in [0.15, 0.2) is 9.84 Å². The van der Waals surface area contributed by atoms with Crippen LogP contribution < -0.4 is 5.32 Å². The number of nitrogens with one attached hydrogen (secondary N) is 1.